The lowest BCUT2D eigenvalue weighted by Gasteiger charge is -2.37. The van der Waals surface area contributed by atoms with Crippen molar-refractivity contribution >= 4 is 40.5 Å². The molecule has 8 rings (SSSR count). The number of hydrazine groups is 1. The summed E-state index contributed by atoms with van der Waals surface area (Å²) >= 11 is 0. The number of esters is 1. The average Bonchev–Trinajstić information content (AvgIpc) is 4.04. The lowest BCUT2D eigenvalue weighted by atomic mass is 9.84. The number of carbonyl (C=O) groups excluding carboxylic acids is 5. The number of rotatable bonds is 10. The van der Waals surface area contributed by atoms with Gasteiger partial charge in [0, 0.05) is 80.8 Å². The van der Waals surface area contributed by atoms with Gasteiger partial charge in [0.15, 0.2) is 0 Å². The van der Waals surface area contributed by atoms with E-state index < -0.39 is 41.3 Å². The van der Waals surface area contributed by atoms with E-state index in [4.69, 9.17) is 14.5 Å². The highest BCUT2D eigenvalue weighted by atomic mass is 16.5. The van der Waals surface area contributed by atoms with Crippen molar-refractivity contribution in [2.24, 2.45) is 29.1 Å². The van der Waals surface area contributed by atoms with E-state index in [2.05, 4.69) is 72.5 Å². The van der Waals surface area contributed by atoms with Crippen molar-refractivity contribution in [1.29, 1.82) is 0 Å². The Morgan fingerprint density at radius 2 is 1.78 bits per heavy atom. The van der Waals surface area contributed by atoms with E-state index >= 15 is 0 Å². The highest BCUT2D eigenvalue weighted by Crippen LogP contribution is 2.42. The number of amides is 4. The molecule has 2 saturated heterocycles. The van der Waals surface area contributed by atoms with Crippen molar-refractivity contribution in [2.45, 2.75) is 118 Å². The number of ether oxygens (including phenoxy) is 2. The summed E-state index contributed by atoms with van der Waals surface area (Å²) in [7, 11) is 3.34. The van der Waals surface area contributed by atoms with Gasteiger partial charge in [-0.05, 0) is 104 Å². The van der Waals surface area contributed by atoms with Gasteiger partial charge in [-0.15, -0.1) is 0 Å². The lowest BCUT2D eigenvalue weighted by Crippen LogP contribution is -2.62. The van der Waals surface area contributed by atoms with Crippen LogP contribution < -0.4 is 10.7 Å². The molecule has 1 unspecified atom stereocenters. The standard InChI is InChI=1S/C53H69N7O7/c1-10-59-44-21-20-37-26-39(44)40(47(59)38-16-12-22-54-45(38)33(5)66-9)27-53(6,7)30-67-52(65)42-17-13-23-60(56-42)51(64)43(25-34-14-11-15-36(37)24-34)55-48(61)46(31(2)3)57(8)50(63)41-29-58(28-32(41)4)49(62)35-18-19-35/h11-12,14-16,20-22,24,26,31-33,35,41-43,46,56H,10,13,17-19,23,25,27-30H2,1-9H3,(H,55,61)/t32-,33-,41+,42-,43-,46?/m0/s1. The third kappa shape index (κ3) is 9.88. The fraction of sp³-hybridized carbons (Fsp3) is 0.547. The summed E-state index contributed by atoms with van der Waals surface area (Å²) in [5.74, 6) is -2.07. The van der Waals surface area contributed by atoms with Gasteiger partial charge >= 0.3 is 5.97 Å². The lowest BCUT2D eigenvalue weighted by molar-refractivity contribution is -0.155. The molecule has 3 fully saturated rings. The van der Waals surface area contributed by atoms with Crippen molar-refractivity contribution in [3.05, 3.63) is 77.6 Å². The van der Waals surface area contributed by atoms with Crippen LogP contribution in [0.3, 0.4) is 0 Å². The number of methoxy groups -OCH3 is 1. The van der Waals surface area contributed by atoms with E-state index in [0.717, 1.165) is 62.9 Å². The zero-order valence-corrected chi connectivity index (χ0v) is 40.8. The second-order valence-corrected chi connectivity index (χ2v) is 20.6. The second-order valence-electron chi connectivity index (χ2n) is 20.6. The van der Waals surface area contributed by atoms with Crippen molar-refractivity contribution in [3.63, 3.8) is 0 Å². The van der Waals surface area contributed by atoms with E-state index in [-0.39, 0.29) is 54.6 Å². The maximum Gasteiger partial charge on any atom is 0.324 e. The summed E-state index contributed by atoms with van der Waals surface area (Å²) < 4.78 is 14.3. The molecule has 1 saturated carbocycles. The Labute approximate surface area is 395 Å². The fourth-order valence-corrected chi connectivity index (χ4v) is 10.6. The molecule has 67 heavy (non-hydrogen) atoms. The summed E-state index contributed by atoms with van der Waals surface area (Å²) in [4.78, 5) is 78.7. The van der Waals surface area contributed by atoms with Gasteiger partial charge in [-0.1, -0.05) is 65.0 Å². The van der Waals surface area contributed by atoms with Gasteiger partial charge in [-0.2, -0.15) is 0 Å². The van der Waals surface area contributed by atoms with Crippen LogP contribution >= 0.6 is 0 Å². The second kappa shape index (κ2) is 19.6. The molecule has 2 aromatic carbocycles. The molecule has 4 aliphatic rings. The van der Waals surface area contributed by atoms with Crippen LogP contribution in [0.15, 0.2) is 60.8 Å². The predicted octanol–water partition coefficient (Wildman–Crippen LogP) is 6.73. The van der Waals surface area contributed by atoms with E-state index in [1.54, 1.807) is 20.4 Å². The van der Waals surface area contributed by atoms with E-state index in [1.165, 1.54) is 9.91 Å². The molecule has 14 heteroatoms. The van der Waals surface area contributed by atoms with Crippen molar-refractivity contribution < 1.29 is 33.4 Å². The molecule has 0 radical (unpaired) electrons. The molecular weight excluding hydrogens is 847 g/mol. The summed E-state index contributed by atoms with van der Waals surface area (Å²) in [6, 6.07) is 16.0. The van der Waals surface area contributed by atoms with E-state index in [9.17, 15) is 24.0 Å². The number of hydrogen-bond donors (Lipinski definition) is 2. The third-order valence-corrected chi connectivity index (χ3v) is 14.5. The molecule has 4 aromatic rings. The highest BCUT2D eigenvalue weighted by molar-refractivity contribution is 5.96. The number of fused-ring (bicyclic) bond motifs is 6. The molecule has 6 atom stereocenters. The Morgan fingerprint density at radius 1 is 1.01 bits per heavy atom. The number of carbonyl (C=O) groups is 5. The summed E-state index contributed by atoms with van der Waals surface area (Å²) in [5, 5.41) is 5.63. The van der Waals surface area contributed by atoms with Crippen molar-refractivity contribution in [1.82, 2.24) is 35.1 Å². The third-order valence-electron chi connectivity index (χ3n) is 14.5. The fourth-order valence-electron chi connectivity index (χ4n) is 10.6. The van der Waals surface area contributed by atoms with Gasteiger partial charge in [-0.3, -0.25) is 34.0 Å². The van der Waals surface area contributed by atoms with Crippen molar-refractivity contribution in [2.75, 3.05) is 40.4 Å². The zero-order chi connectivity index (χ0) is 47.9. The Balaban J connectivity index is 1.16. The molecule has 3 aliphatic heterocycles. The van der Waals surface area contributed by atoms with Crippen molar-refractivity contribution in [3.8, 4) is 22.4 Å². The van der Waals surface area contributed by atoms with Crippen LogP contribution in [0.1, 0.15) is 97.1 Å². The minimum atomic E-state index is -1.04. The molecule has 4 amide bonds. The number of nitrogens with zero attached hydrogens (tertiary/aromatic N) is 5. The summed E-state index contributed by atoms with van der Waals surface area (Å²) in [6.45, 7) is 16.2. The first-order valence-electron chi connectivity index (χ1n) is 24.3. The average molecular weight is 916 g/mol. The molecule has 1 aliphatic carbocycles. The number of cyclic esters (lactones) is 1. The molecule has 2 N–H and O–H groups in total. The summed E-state index contributed by atoms with van der Waals surface area (Å²) in [5.41, 5.74) is 10.5. The number of nitrogens with one attached hydrogen (secondary N) is 2. The monoisotopic (exact) mass is 916 g/mol. The Morgan fingerprint density at radius 3 is 2.49 bits per heavy atom. The number of aryl methyl sites for hydroxylation is 1. The maximum absolute atomic E-state index is 14.8. The quantitative estimate of drug-likeness (QED) is 0.165. The zero-order valence-electron chi connectivity index (χ0n) is 40.8. The number of benzene rings is 2. The maximum atomic E-state index is 14.8. The summed E-state index contributed by atoms with van der Waals surface area (Å²) in [6.07, 6.45) is 5.12. The van der Waals surface area contributed by atoms with Crippen LogP contribution in [0.5, 0.6) is 0 Å². The highest BCUT2D eigenvalue weighted by Gasteiger charge is 2.45. The molecular formula is C53H69N7O7. The van der Waals surface area contributed by atoms with E-state index in [1.807, 2.05) is 50.8 Å². The normalized spacial score (nSPS) is 23.1. The topological polar surface area (TPSA) is 155 Å². The van der Waals surface area contributed by atoms with Crippen LogP contribution in [0.25, 0.3) is 33.3 Å². The molecule has 2 aromatic heterocycles. The number of likely N-dealkylation sites (tertiary alicyclic amines) is 1. The largest absolute Gasteiger partial charge is 0.464 e. The SMILES string of the molecule is CCn1c(-c2cccnc2[C@H](C)OC)c2c3cc(ccc31)-c1cccc(c1)C[C@H](NC(=O)C(C(C)C)N(C)C(=O)[C@@H]1CN(C(=O)C3CC3)C[C@@H]1C)C(=O)N1CCC[C@H](N1)C(=O)OCC(C)(C)C2. The minimum Gasteiger partial charge on any atom is -0.464 e. The Kier molecular flexibility index (Phi) is 14.0. The first-order chi connectivity index (χ1) is 32.0. The Bertz CT molecular complexity index is 2530. The molecule has 14 nitrogen and oxygen atoms in total. The molecule has 358 valence electrons. The van der Waals surface area contributed by atoms with E-state index in [0.29, 0.717) is 45.4 Å². The predicted molar refractivity (Wildman–Crippen MR) is 257 cm³/mol. The van der Waals surface area contributed by atoms with Gasteiger partial charge in [0.2, 0.25) is 17.7 Å². The number of hydrogen-bond acceptors (Lipinski definition) is 9. The minimum absolute atomic E-state index is 0.0559. The van der Waals surface area contributed by atoms with Gasteiger partial charge in [-0.25, -0.2) is 5.43 Å². The van der Waals surface area contributed by atoms with Crippen LogP contribution in [0.2, 0.25) is 0 Å². The number of likely N-dealkylation sites (N-methyl/N-ethyl adjacent to an activating group) is 1. The number of aromatic nitrogens is 2. The van der Waals surface area contributed by atoms with Crippen LogP contribution in [0.4, 0.5) is 0 Å². The Hall–Kier alpha value is -5.60. The van der Waals surface area contributed by atoms with Gasteiger partial charge < -0.3 is 29.2 Å². The van der Waals surface area contributed by atoms with Gasteiger partial charge in [0.25, 0.3) is 5.91 Å². The van der Waals surface area contributed by atoms with Gasteiger partial charge in [0.1, 0.15) is 18.1 Å². The number of pyridine rings is 1. The van der Waals surface area contributed by atoms with Gasteiger partial charge in [0.05, 0.1) is 30.0 Å². The molecule has 0 spiro atoms. The van der Waals surface area contributed by atoms with Crippen LogP contribution in [0, 0.1) is 29.1 Å². The molecule has 6 bridgehead atoms. The first-order valence-corrected chi connectivity index (χ1v) is 24.3. The molecule has 5 heterocycles. The van der Waals surface area contributed by atoms with Crippen LogP contribution in [-0.2, 0) is 52.8 Å². The first kappa shape index (κ1) is 47.9. The van der Waals surface area contributed by atoms with Crippen LogP contribution in [-0.4, -0.2) is 112 Å². The smallest absolute Gasteiger partial charge is 0.324 e.